The van der Waals surface area contributed by atoms with Crippen LogP contribution in [0.25, 0.3) is 11.0 Å². The largest absolute Gasteiger partial charge is 0.450 e. The number of esters is 1. The van der Waals surface area contributed by atoms with Gasteiger partial charge in [-0.3, -0.25) is 4.79 Å². The first-order valence-electron chi connectivity index (χ1n) is 9.88. The number of furan rings is 1. The molecule has 0 radical (unpaired) electrons. The topological polar surface area (TPSA) is 68.5 Å². The molecular weight excluding hydrogens is 366 g/mol. The highest BCUT2D eigenvalue weighted by Gasteiger charge is 2.20. The number of nitrogens with one attached hydrogen (secondary N) is 1. The third kappa shape index (κ3) is 5.05. The summed E-state index contributed by atoms with van der Waals surface area (Å²) in [6.45, 7) is 7.72. The zero-order valence-electron chi connectivity index (χ0n) is 17.3. The van der Waals surface area contributed by atoms with Crippen LogP contribution in [0, 0.1) is 12.8 Å². The lowest BCUT2D eigenvalue weighted by Gasteiger charge is -2.15. The summed E-state index contributed by atoms with van der Waals surface area (Å²) in [5, 5.41) is 3.72. The van der Waals surface area contributed by atoms with Crippen LogP contribution in [0.1, 0.15) is 54.1 Å². The van der Waals surface area contributed by atoms with Crippen molar-refractivity contribution in [1.82, 2.24) is 5.32 Å². The number of amides is 1. The molecule has 1 N–H and O–H groups in total. The normalized spacial score (nSPS) is 12.2. The SMILES string of the molecule is Cc1c(C(=O)OCC(=O)N[C@@H](C)c2ccc(CC(C)C)cc2)oc2ccccc12. The number of carbonyl (C=O) groups is 2. The molecule has 1 heterocycles. The van der Waals surface area contributed by atoms with Crippen LogP contribution in [0.15, 0.2) is 52.9 Å². The van der Waals surface area contributed by atoms with Crippen molar-refractivity contribution >= 4 is 22.8 Å². The van der Waals surface area contributed by atoms with Crippen molar-refractivity contribution in [2.24, 2.45) is 5.92 Å². The second kappa shape index (κ2) is 8.95. The summed E-state index contributed by atoms with van der Waals surface area (Å²) in [5.74, 6) is -0.263. The lowest BCUT2D eigenvalue weighted by molar-refractivity contribution is -0.124. The minimum atomic E-state index is -0.639. The zero-order valence-corrected chi connectivity index (χ0v) is 17.3. The van der Waals surface area contributed by atoms with E-state index < -0.39 is 5.97 Å². The maximum absolute atomic E-state index is 12.3. The molecule has 0 aliphatic rings. The van der Waals surface area contributed by atoms with Crippen LogP contribution >= 0.6 is 0 Å². The molecule has 0 aliphatic carbocycles. The molecule has 152 valence electrons. The number of hydrogen-bond donors (Lipinski definition) is 1. The third-order valence-electron chi connectivity index (χ3n) is 4.86. The van der Waals surface area contributed by atoms with Crippen molar-refractivity contribution in [2.75, 3.05) is 6.61 Å². The fourth-order valence-corrected chi connectivity index (χ4v) is 3.35. The Morgan fingerprint density at radius 2 is 1.72 bits per heavy atom. The summed E-state index contributed by atoms with van der Waals surface area (Å²) in [4.78, 5) is 24.5. The number of benzene rings is 2. The predicted molar refractivity (Wildman–Crippen MR) is 113 cm³/mol. The number of para-hydroxylation sites is 1. The van der Waals surface area contributed by atoms with Crippen LogP contribution in [-0.2, 0) is 16.0 Å². The van der Waals surface area contributed by atoms with Gasteiger partial charge in [0.2, 0.25) is 5.76 Å². The van der Waals surface area contributed by atoms with Crippen LogP contribution < -0.4 is 5.32 Å². The molecule has 1 amide bonds. The molecule has 0 fully saturated rings. The molecule has 1 atom stereocenters. The number of carbonyl (C=O) groups excluding carboxylic acids is 2. The number of aryl methyl sites for hydroxylation is 1. The summed E-state index contributed by atoms with van der Waals surface area (Å²) < 4.78 is 10.7. The molecule has 5 nitrogen and oxygen atoms in total. The first kappa shape index (κ1) is 20.6. The van der Waals surface area contributed by atoms with Gasteiger partial charge in [-0.05, 0) is 43.4 Å². The first-order valence-corrected chi connectivity index (χ1v) is 9.88. The van der Waals surface area contributed by atoms with Crippen molar-refractivity contribution in [3.05, 3.63) is 71.0 Å². The second-order valence-electron chi connectivity index (χ2n) is 7.76. The van der Waals surface area contributed by atoms with Gasteiger partial charge in [-0.2, -0.15) is 0 Å². The van der Waals surface area contributed by atoms with Crippen LogP contribution in [0.2, 0.25) is 0 Å². The predicted octanol–water partition coefficient (Wildman–Crippen LogP) is 4.97. The van der Waals surface area contributed by atoms with E-state index in [-0.39, 0.29) is 24.3 Å². The quantitative estimate of drug-likeness (QED) is 0.575. The number of hydrogen-bond acceptors (Lipinski definition) is 4. The summed E-state index contributed by atoms with van der Waals surface area (Å²) in [6.07, 6.45) is 1.03. The smallest absolute Gasteiger partial charge is 0.375 e. The summed E-state index contributed by atoms with van der Waals surface area (Å²) >= 11 is 0. The Balaban J connectivity index is 1.54. The molecule has 1 aromatic heterocycles. The molecule has 3 aromatic rings. The average Bonchev–Trinajstić information content (AvgIpc) is 3.03. The second-order valence-corrected chi connectivity index (χ2v) is 7.76. The molecule has 0 saturated carbocycles. The highest BCUT2D eigenvalue weighted by atomic mass is 16.5. The Morgan fingerprint density at radius 3 is 2.38 bits per heavy atom. The van der Waals surface area contributed by atoms with E-state index in [2.05, 4.69) is 31.3 Å². The molecule has 0 bridgehead atoms. The van der Waals surface area contributed by atoms with Gasteiger partial charge in [0.15, 0.2) is 6.61 Å². The van der Waals surface area contributed by atoms with Gasteiger partial charge in [-0.25, -0.2) is 4.79 Å². The monoisotopic (exact) mass is 393 g/mol. The number of rotatable bonds is 7. The Hall–Kier alpha value is -3.08. The molecule has 2 aromatic carbocycles. The van der Waals surface area contributed by atoms with E-state index in [1.54, 1.807) is 13.0 Å². The van der Waals surface area contributed by atoms with Gasteiger partial charge in [0.25, 0.3) is 5.91 Å². The lowest BCUT2D eigenvalue weighted by atomic mass is 10.00. The number of ether oxygens (including phenoxy) is 1. The van der Waals surface area contributed by atoms with Crippen LogP contribution in [0.5, 0.6) is 0 Å². The van der Waals surface area contributed by atoms with Gasteiger partial charge in [0.05, 0.1) is 6.04 Å². The van der Waals surface area contributed by atoms with Gasteiger partial charge in [0, 0.05) is 10.9 Å². The average molecular weight is 393 g/mol. The fourth-order valence-electron chi connectivity index (χ4n) is 3.35. The molecule has 3 rings (SSSR count). The minimum absolute atomic E-state index is 0.132. The summed E-state index contributed by atoms with van der Waals surface area (Å²) in [7, 11) is 0. The van der Waals surface area contributed by atoms with E-state index in [0.717, 1.165) is 17.4 Å². The van der Waals surface area contributed by atoms with Crippen molar-refractivity contribution in [2.45, 2.75) is 40.2 Å². The number of fused-ring (bicyclic) bond motifs is 1. The van der Waals surface area contributed by atoms with Gasteiger partial charge >= 0.3 is 5.97 Å². The molecule has 0 spiro atoms. The van der Waals surface area contributed by atoms with E-state index in [0.29, 0.717) is 17.1 Å². The van der Waals surface area contributed by atoms with Crippen molar-refractivity contribution in [1.29, 1.82) is 0 Å². The van der Waals surface area contributed by atoms with Gasteiger partial charge in [-0.1, -0.05) is 56.3 Å². The van der Waals surface area contributed by atoms with Crippen LogP contribution in [0.3, 0.4) is 0 Å². The Kier molecular flexibility index (Phi) is 6.37. The molecule has 0 saturated heterocycles. The van der Waals surface area contributed by atoms with Crippen molar-refractivity contribution in [3.8, 4) is 0 Å². The van der Waals surface area contributed by atoms with E-state index in [1.807, 2.05) is 37.3 Å². The Morgan fingerprint density at radius 1 is 1.03 bits per heavy atom. The maximum Gasteiger partial charge on any atom is 0.375 e. The fraction of sp³-hybridized carbons (Fsp3) is 0.333. The third-order valence-corrected chi connectivity index (χ3v) is 4.86. The molecular formula is C24H27NO4. The first-order chi connectivity index (χ1) is 13.8. The molecule has 0 unspecified atom stereocenters. The standard InChI is InChI=1S/C24H27NO4/c1-15(2)13-18-9-11-19(12-10-18)17(4)25-22(26)14-28-24(27)23-16(3)20-7-5-6-8-21(20)29-23/h5-12,15,17H,13-14H2,1-4H3,(H,25,26)/t17-/m0/s1. The molecule has 5 heteroatoms. The summed E-state index contributed by atoms with van der Waals surface area (Å²) in [5.41, 5.74) is 3.61. The van der Waals surface area contributed by atoms with E-state index in [9.17, 15) is 9.59 Å². The highest BCUT2D eigenvalue weighted by Crippen LogP contribution is 2.25. The van der Waals surface area contributed by atoms with Crippen molar-refractivity contribution < 1.29 is 18.7 Å². The molecule has 0 aliphatic heterocycles. The highest BCUT2D eigenvalue weighted by molar-refractivity contribution is 5.96. The maximum atomic E-state index is 12.3. The van der Waals surface area contributed by atoms with Crippen molar-refractivity contribution in [3.63, 3.8) is 0 Å². The van der Waals surface area contributed by atoms with Gasteiger partial charge in [0.1, 0.15) is 5.58 Å². The minimum Gasteiger partial charge on any atom is -0.450 e. The van der Waals surface area contributed by atoms with Gasteiger partial charge in [-0.15, -0.1) is 0 Å². The Labute approximate surface area is 171 Å². The van der Waals surface area contributed by atoms with E-state index in [1.165, 1.54) is 5.56 Å². The lowest BCUT2D eigenvalue weighted by Crippen LogP contribution is -2.31. The van der Waals surface area contributed by atoms with E-state index in [4.69, 9.17) is 9.15 Å². The molecule has 29 heavy (non-hydrogen) atoms. The van der Waals surface area contributed by atoms with E-state index >= 15 is 0 Å². The van der Waals surface area contributed by atoms with Gasteiger partial charge < -0.3 is 14.5 Å². The van der Waals surface area contributed by atoms with Crippen LogP contribution in [-0.4, -0.2) is 18.5 Å². The van der Waals surface area contributed by atoms with Crippen LogP contribution in [0.4, 0.5) is 0 Å². The summed E-state index contributed by atoms with van der Waals surface area (Å²) in [6, 6.07) is 15.4. The Bertz CT molecular complexity index is 1000. The zero-order chi connectivity index (χ0) is 21.0.